The van der Waals surface area contributed by atoms with Gasteiger partial charge in [0.25, 0.3) is 0 Å². The van der Waals surface area contributed by atoms with Crippen LogP contribution in [0.1, 0.15) is 138 Å². The molecule has 2 unspecified atom stereocenters. The average Bonchev–Trinajstić information content (AvgIpc) is 2.81. The standard InChI is InChI=1S/C37H56N2O/c1-24(38-32-26(34(3,4)5)18-15-19-27(32)35(6,7)8)30-22-17-23-31(40-30)25(2)39-33-28(36(9,10)11)20-16-21-29(33)37(12,13)14/h15-16,18-21,30-31H,17,22-23H2,1-14H3. The molecule has 0 N–H and O–H groups in total. The van der Waals surface area contributed by atoms with Crippen LogP contribution in [0, 0.1) is 0 Å². The second-order valence-corrected chi connectivity index (χ2v) is 16.0. The van der Waals surface area contributed by atoms with Gasteiger partial charge in [0.15, 0.2) is 0 Å². The van der Waals surface area contributed by atoms with Gasteiger partial charge in [-0.05, 0) is 77.0 Å². The molecule has 1 fully saturated rings. The zero-order chi connectivity index (χ0) is 30.3. The highest BCUT2D eigenvalue weighted by Gasteiger charge is 2.30. The lowest BCUT2D eigenvalue weighted by Gasteiger charge is -2.32. The van der Waals surface area contributed by atoms with Crippen molar-refractivity contribution in [3.05, 3.63) is 58.7 Å². The summed E-state index contributed by atoms with van der Waals surface area (Å²) in [5.74, 6) is 0. The summed E-state index contributed by atoms with van der Waals surface area (Å²) in [6.45, 7) is 31.6. The van der Waals surface area contributed by atoms with E-state index in [9.17, 15) is 0 Å². The summed E-state index contributed by atoms with van der Waals surface area (Å²) < 4.78 is 6.79. The van der Waals surface area contributed by atoms with Gasteiger partial charge < -0.3 is 4.74 Å². The number of aliphatic imine (C=N–C) groups is 2. The molecule has 2 aromatic rings. The summed E-state index contributed by atoms with van der Waals surface area (Å²) in [4.78, 5) is 10.7. The Kier molecular flexibility index (Phi) is 9.32. The van der Waals surface area contributed by atoms with E-state index in [1.807, 2.05) is 0 Å². The highest BCUT2D eigenvalue weighted by molar-refractivity contribution is 5.92. The third kappa shape index (κ3) is 7.52. The van der Waals surface area contributed by atoms with Crippen LogP contribution in [-0.4, -0.2) is 23.6 Å². The molecule has 3 heteroatoms. The van der Waals surface area contributed by atoms with E-state index in [1.165, 1.54) is 22.3 Å². The lowest BCUT2D eigenvalue weighted by molar-refractivity contribution is 0.0230. The molecule has 0 aromatic heterocycles. The van der Waals surface area contributed by atoms with E-state index in [4.69, 9.17) is 14.7 Å². The first-order valence-electron chi connectivity index (χ1n) is 15.2. The number of ether oxygens (including phenoxy) is 1. The molecule has 3 nitrogen and oxygen atoms in total. The Balaban J connectivity index is 2.01. The van der Waals surface area contributed by atoms with E-state index in [1.54, 1.807) is 0 Å². The minimum atomic E-state index is -0.00955. The van der Waals surface area contributed by atoms with Gasteiger partial charge in [-0.1, -0.05) is 119 Å². The molecule has 220 valence electrons. The van der Waals surface area contributed by atoms with Crippen LogP contribution in [-0.2, 0) is 26.4 Å². The van der Waals surface area contributed by atoms with Crippen LogP contribution in [0.15, 0.2) is 46.4 Å². The third-order valence-electron chi connectivity index (χ3n) is 8.07. The smallest absolute Gasteiger partial charge is 0.0962 e. The zero-order valence-corrected chi connectivity index (χ0v) is 28.0. The number of rotatable bonds is 4. The van der Waals surface area contributed by atoms with Crippen molar-refractivity contribution in [3.8, 4) is 0 Å². The fourth-order valence-corrected chi connectivity index (χ4v) is 5.68. The van der Waals surface area contributed by atoms with Gasteiger partial charge in [-0.2, -0.15) is 0 Å². The van der Waals surface area contributed by atoms with Gasteiger partial charge >= 0.3 is 0 Å². The lowest BCUT2D eigenvalue weighted by Crippen LogP contribution is -2.36. The highest BCUT2D eigenvalue weighted by Crippen LogP contribution is 2.42. The summed E-state index contributed by atoms with van der Waals surface area (Å²) in [7, 11) is 0. The number of hydrogen-bond acceptors (Lipinski definition) is 3. The van der Waals surface area contributed by atoms with Gasteiger partial charge in [0.1, 0.15) is 0 Å². The third-order valence-corrected chi connectivity index (χ3v) is 8.07. The van der Waals surface area contributed by atoms with Crippen molar-refractivity contribution in [3.63, 3.8) is 0 Å². The quantitative estimate of drug-likeness (QED) is 0.352. The average molecular weight is 545 g/mol. The number of benzene rings is 2. The largest absolute Gasteiger partial charge is 0.363 e. The molecule has 0 aliphatic carbocycles. The van der Waals surface area contributed by atoms with E-state index in [-0.39, 0.29) is 33.9 Å². The predicted octanol–water partition coefficient (Wildman–Crippen LogP) is 10.7. The first kappa shape index (κ1) is 32.3. The van der Waals surface area contributed by atoms with E-state index in [0.29, 0.717) is 0 Å². The molecular formula is C37H56N2O. The molecule has 0 radical (unpaired) electrons. The predicted molar refractivity (Wildman–Crippen MR) is 176 cm³/mol. The number of para-hydroxylation sites is 2. The Labute approximate surface area is 246 Å². The van der Waals surface area contributed by atoms with Gasteiger partial charge in [0.2, 0.25) is 0 Å². The molecule has 2 aromatic carbocycles. The molecule has 1 heterocycles. The van der Waals surface area contributed by atoms with E-state index < -0.39 is 0 Å². The topological polar surface area (TPSA) is 34.0 Å². The van der Waals surface area contributed by atoms with Crippen molar-refractivity contribution in [2.75, 3.05) is 0 Å². The van der Waals surface area contributed by atoms with E-state index >= 15 is 0 Å². The van der Waals surface area contributed by atoms with Crippen molar-refractivity contribution >= 4 is 22.8 Å². The molecule has 1 saturated heterocycles. The van der Waals surface area contributed by atoms with Crippen molar-refractivity contribution in [2.45, 2.75) is 150 Å². The van der Waals surface area contributed by atoms with Crippen LogP contribution in [0.5, 0.6) is 0 Å². The molecular weight excluding hydrogens is 488 g/mol. The maximum atomic E-state index is 6.79. The van der Waals surface area contributed by atoms with Gasteiger partial charge in [0.05, 0.1) is 23.6 Å². The number of hydrogen-bond donors (Lipinski definition) is 0. The van der Waals surface area contributed by atoms with Crippen LogP contribution in [0.4, 0.5) is 11.4 Å². The molecule has 0 amide bonds. The van der Waals surface area contributed by atoms with Crippen LogP contribution in [0.3, 0.4) is 0 Å². The lowest BCUT2D eigenvalue weighted by atomic mass is 9.79. The Morgan fingerprint density at radius 1 is 0.550 bits per heavy atom. The maximum Gasteiger partial charge on any atom is 0.0962 e. The van der Waals surface area contributed by atoms with Crippen LogP contribution >= 0.6 is 0 Å². The van der Waals surface area contributed by atoms with Crippen LogP contribution in [0.2, 0.25) is 0 Å². The molecule has 1 aliphatic rings. The molecule has 0 spiro atoms. The van der Waals surface area contributed by atoms with Gasteiger partial charge in [-0.15, -0.1) is 0 Å². The second-order valence-electron chi connectivity index (χ2n) is 16.0. The molecule has 0 bridgehead atoms. The fourth-order valence-electron chi connectivity index (χ4n) is 5.68. The minimum absolute atomic E-state index is 0.00475. The summed E-state index contributed by atoms with van der Waals surface area (Å²) >= 11 is 0. The maximum absolute atomic E-state index is 6.79. The normalized spacial score (nSPS) is 20.1. The summed E-state index contributed by atoms with van der Waals surface area (Å²) in [6, 6.07) is 13.3. The van der Waals surface area contributed by atoms with Crippen molar-refractivity contribution < 1.29 is 4.74 Å². The highest BCUT2D eigenvalue weighted by atomic mass is 16.5. The summed E-state index contributed by atoms with van der Waals surface area (Å²) in [5, 5.41) is 0. The monoisotopic (exact) mass is 544 g/mol. The first-order valence-corrected chi connectivity index (χ1v) is 15.2. The Morgan fingerprint density at radius 3 is 1.07 bits per heavy atom. The second kappa shape index (κ2) is 11.6. The van der Waals surface area contributed by atoms with Crippen LogP contribution in [0.25, 0.3) is 0 Å². The fraction of sp³-hybridized carbons (Fsp3) is 0.622. The molecule has 2 atom stereocenters. The van der Waals surface area contributed by atoms with E-state index in [2.05, 4.69) is 133 Å². The number of nitrogens with zero attached hydrogens (tertiary/aromatic N) is 2. The van der Waals surface area contributed by atoms with Gasteiger partial charge in [-0.25, -0.2) is 0 Å². The Bertz CT molecular complexity index is 1090. The molecule has 0 saturated carbocycles. The zero-order valence-electron chi connectivity index (χ0n) is 28.0. The van der Waals surface area contributed by atoms with Gasteiger partial charge in [0, 0.05) is 11.4 Å². The van der Waals surface area contributed by atoms with Gasteiger partial charge in [-0.3, -0.25) is 9.98 Å². The minimum Gasteiger partial charge on any atom is -0.363 e. The van der Waals surface area contributed by atoms with Crippen molar-refractivity contribution in [1.29, 1.82) is 0 Å². The Morgan fingerprint density at radius 2 is 0.825 bits per heavy atom. The molecule has 3 rings (SSSR count). The SMILES string of the molecule is CC(=Nc1c(C(C)(C)C)cccc1C(C)(C)C)C1CCCC(C(C)=Nc2c(C(C)(C)C)cccc2C(C)(C)C)O1. The molecule has 1 aliphatic heterocycles. The van der Waals surface area contributed by atoms with E-state index in [0.717, 1.165) is 42.1 Å². The van der Waals surface area contributed by atoms with Crippen molar-refractivity contribution in [2.24, 2.45) is 9.98 Å². The Hall–Kier alpha value is -2.26. The van der Waals surface area contributed by atoms with Crippen molar-refractivity contribution in [1.82, 2.24) is 0 Å². The summed E-state index contributed by atoms with van der Waals surface area (Å²) in [5.41, 5.74) is 9.53. The van der Waals surface area contributed by atoms with Crippen LogP contribution < -0.4 is 0 Å². The first-order chi connectivity index (χ1) is 18.2. The molecule has 40 heavy (non-hydrogen) atoms. The summed E-state index contributed by atoms with van der Waals surface area (Å²) in [6.07, 6.45) is 3.07.